The Bertz CT molecular complexity index is 673. The molecule has 0 bridgehead atoms. The molecule has 1 aromatic heterocycles. The number of sulfonamides is 1. The van der Waals surface area contributed by atoms with Crippen LogP contribution in [0.5, 0.6) is 0 Å². The van der Waals surface area contributed by atoms with Gasteiger partial charge < -0.3 is 4.90 Å². The van der Waals surface area contributed by atoms with Crippen molar-refractivity contribution in [1.29, 1.82) is 0 Å². The zero-order valence-corrected chi connectivity index (χ0v) is 15.8. The van der Waals surface area contributed by atoms with Crippen LogP contribution in [0.1, 0.15) is 43.9 Å². The first-order chi connectivity index (χ1) is 11.3. The summed E-state index contributed by atoms with van der Waals surface area (Å²) in [6.07, 6.45) is 0.843. The summed E-state index contributed by atoms with van der Waals surface area (Å²) in [6.45, 7) is 10.1. The molecular formula is C16H28N4O3S. The minimum absolute atomic E-state index is 0.0621. The van der Waals surface area contributed by atoms with Crippen LogP contribution >= 0.6 is 0 Å². The molecule has 1 saturated heterocycles. The van der Waals surface area contributed by atoms with Crippen molar-refractivity contribution in [1.82, 2.24) is 19.0 Å². The van der Waals surface area contributed by atoms with Crippen LogP contribution < -0.4 is 0 Å². The molecule has 0 aromatic carbocycles. The van der Waals surface area contributed by atoms with E-state index in [1.54, 1.807) is 16.5 Å². The van der Waals surface area contributed by atoms with Gasteiger partial charge in [-0.15, -0.1) is 0 Å². The van der Waals surface area contributed by atoms with Crippen molar-refractivity contribution < 1.29 is 13.2 Å². The fraction of sp³-hybridized carbons (Fsp3) is 0.750. The van der Waals surface area contributed by atoms with E-state index in [2.05, 4.69) is 18.9 Å². The summed E-state index contributed by atoms with van der Waals surface area (Å²) >= 11 is 0. The minimum Gasteiger partial charge on any atom is -0.335 e. The summed E-state index contributed by atoms with van der Waals surface area (Å²) in [5.74, 6) is 0.520. The number of hydrogen-bond donors (Lipinski definition) is 0. The molecule has 0 N–H and O–H groups in total. The Kier molecular flexibility index (Phi) is 6.03. The van der Waals surface area contributed by atoms with E-state index in [1.807, 2.05) is 13.0 Å². The first-order valence-electron chi connectivity index (χ1n) is 8.62. The van der Waals surface area contributed by atoms with Gasteiger partial charge in [-0.05, 0) is 32.3 Å². The smallest absolute Gasteiger partial charge is 0.272 e. The lowest BCUT2D eigenvalue weighted by Crippen LogP contribution is -2.51. The molecule has 2 heterocycles. The van der Waals surface area contributed by atoms with E-state index in [9.17, 15) is 13.2 Å². The number of aryl methyl sites for hydroxylation is 1. The summed E-state index contributed by atoms with van der Waals surface area (Å²) in [5.41, 5.74) is 1.53. The molecule has 7 nitrogen and oxygen atoms in total. The monoisotopic (exact) mass is 356 g/mol. The van der Waals surface area contributed by atoms with Gasteiger partial charge in [0.05, 0.1) is 11.4 Å². The molecule has 0 atom stereocenters. The fourth-order valence-corrected chi connectivity index (χ4v) is 4.00. The predicted molar refractivity (Wildman–Crippen MR) is 93.4 cm³/mol. The van der Waals surface area contributed by atoms with Crippen LogP contribution in [0.2, 0.25) is 0 Å². The van der Waals surface area contributed by atoms with E-state index in [0.29, 0.717) is 44.3 Å². The number of carbonyl (C=O) groups is 1. The van der Waals surface area contributed by atoms with Crippen LogP contribution in [0.3, 0.4) is 0 Å². The lowest BCUT2D eigenvalue weighted by molar-refractivity contribution is 0.0685. The molecule has 136 valence electrons. The lowest BCUT2D eigenvalue weighted by atomic mass is 10.1. The first-order valence-corrected chi connectivity index (χ1v) is 10.2. The number of nitrogens with zero attached hydrogens (tertiary/aromatic N) is 4. The third-order valence-corrected chi connectivity index (χ3v) is 6.13. The highest BCUT2D eigenvalue weighted by molar-refractivity contribution is 7.89. The Morgan fingerprint density at radius 1 is 1.21 bits per heavy atom. The lowest BCUT2D eigenvalue weighted by Gasteiger charge is -2.33. The van der Waals surface area contributed by atoms with E-state index in [-0.39, 0.29) is 11.7 Å². The van der Waals surface area contributed by atoms with E-state index in [4.69, 9.17) is 0 Å². The third kappa shape index (κ3) is 4.16. The predicted octanol–water partition coefficient (Wildman–Crippen LogP) is 1.21. The molecule has 0 unspecified atom stereocenters. The van der Waals surface area contributed by atoms with Crippen molar-refractivity contribution >= 4 is 15.9 Å². The fourth-order valence-electron chi connectivity index (χ4n) is 2.92. The van der Waals surface area contributed by atoms with Gasteiger partial charge in [0.2, 0.25) is 10.0 Å². The number of hydrogen-bond acceptors (Lipinski definition) is 4. The maximum absolute atomic E-state index is 12.8. The van der Waals surface area contributed by atoms with Crippen LogP contribution in [0, 0.1) is 5.92 Å². The standard InChI is InChI=1S/C16H28N4O3S/c1-5-20-15(12-14(17-20)11-13(3)4)16(21)18-7-9-19(10-8-18)24(22,23)6-2/h12-13H,5-11H2,1-4H3. The van der Waals surface area contributed by atoms with Gasteiger partial charge >= 0.3 is 0 Å². The second kappa shape index (κ2) is 7.65. The zero-order chi connectivity index (χ0) is 17.9. The van der Waals surface area contributed by atoms with Crippen LogP contribution in [0.4, 0.5) is 0 Å². The van der Waals surface area contributed by atoms with E-state index in [1.165, 1.54) is 4.31 Å². The van der Waals surface area contributed by atoms with Gasteiger partial charge in [-0.1, -0.05) is 13.8 Å². The normalized spacial score (nSPS) is 16.8. The van der Waals surface area contributed by atoms with E-state index in [0.717, 1.165) is 12.1 Å². The number of aromatic nitrogens is 2. The van der Waals surface area contributed by atoms with Gasteiger partial charge in [-0.2, -0.15) is 9.40 Å². The summed E-state index contributed by atoms with van der Waals surface area (Å²) in [6, 6.07) is 1.88. The first kappa shape index (κ1) is 18.9. The van der Waals surface area contributed by atoms with Crippen LogP contribution in [-0.2, 0) is 23.0 Å². The third-order valence-electron chi connectivity index (χ3n) is 4.25. The zero-order valence-electron chi connectivity index (χ0n) is 15.0. The van der Waals surface area contributed by atoms with Gasteiger partial charge in [-0.3, -0.25) is 9.48 Å². The molecule has 1 fully saturated rings. The molecule has 0 radical (unpaired) electrons. The topological polar surface area (TPSA) is 75.5 Å². The molecule has 1 amide bonds. The summed E-state index contributed by atoms with van der Waals surface area (Å²) in [4.78, 5) is 14.5. The van der Waals surface area contributed by atoms with Gasteiger partial charge in [0.25, 0.3) is 5.91 Å². The van der Waals surface area contributed by atoms with E-state index < -0.39 is 10.0 Å². The average molecular weight is 356 g/mol. The number of rotatable bonds is 6. The Hall–Kier alpha value is -1.41. The second-order valence-electron chi connectivity index (χ2n) is 6.53. The maximum atomic E-state index is 12.8. The summed E-state index contributed by atoms with van der Waals surface area (Å²) in [5, 5.41) is 4.52. The van der Waals surface area contributed by atoms with Crippen LogP contribution in [-0.4, -0.2) is 65.2 Å². The van der Waals surface area contributed by atoms with Gasteiger partial charge in [-0.25, -0.2) is 8.42 Å². The molecule has 1 aliphatic heterocycles. The molecule has 0 aliphatic carbocycles. The van der Waals surface area contributed by atoms with Crippen LogP contribution in [0.15, 0.2) is 6.07 Å². The number of piperazine rings is 1. The van der Waals surface area contributed by atoms with Crippen molar-refractivity contribution in [3.8, 4) is 0 Å². The molecule has 24 heavy (non-hydrogen) atoms. The van der Waals surface area contributed by atoms with E-state index >= 15 is 0 Å². The van der Waals surface area contributed by atoms with Crippen LogP contribution in [0.25, 0.3) is 0 Å². The van der Waals surface area contributed by atoms with Gasteiger partial charge in [0, 0.05) is 32.7 Å². The van der Waals surface area contributed by atoms with Crippen molar-refractivity contribution in [3.63, 3.8) is 0 Å². The molecule has 0 saturated carbocycles. The minimum atomic E-state index is -3.18. The average Bonchev–Trinajstić information content (AvgIpc) is 2.96. The van der Waals surface area contributed by atoms with Crippen molar-refractivity contribution in [2.75, 3.05) is 31.9 Å². The molecule has 2 rings (SSSR count). The largest absolute Gasteiger partial charge is 0.335 e. The highest BCUT2D eigenvalue weighted by atomic mass is 32.2. The highest BCUT2D eigenvalue weighted by Crippen LogP contribution is 2.15. The Morgan fingerprint density at radius 3 is 2.33 bits per heavy atom. The quantitative estimate of drug-likeness (QED) is 0.768. The Balaban J connectivity index is 2.09. The maximum Gasteiger partial charge on any atom is 0.272 e. The number of carbonyl (C=O) groups excluding carboxylic acids is 1. The SMILES string of the molecule is CCn1nc(CC(C)C)cc1C(=O)N1CCN(S(=O)(=O)CC)CC1. The second-order valence-corrected chi connectivity index (χ2v) is 8.78. The molecule has 1 aromatic rings. The Labute approximate surface area is 144 Å². The van der Waals surface area contributed by atoms with Crippen molar-refractivity contribution in [3.05, 3.63) is 17.5 Å². The molecule has 0 spiro atoms. The highest BCUT2D eigenvalue weighted by Gasteiger charge is 2.29. The molecular weight excluding hydrogens is 328 g/mol. The molecule has 8 heteroatoms. The van der Waals surface area contributed by atoms with Crippen molar-refractivity contribution in [2.24, 2.45) is 5.92 Å². The summed E-state index contributed by atoms with van der Waals surface area (Å²) < 4.78 is 27.0. The Morgan fingerprint density at radius 2 is 1.83 bits per heavy atom. The molecule has 1 aliphatic rings. The summed E-state index contributed by atoms with van der Waals surface area (Å²) in [7, 11) is -3.18. The van der Waals surface area contributed by atoms with Crippen molar-refractivity contribution in [2.45, 2.75) is 40.7 Å². The number of amides is 1. The van der Waals surface area contributed by atoms with Gasteiger partial charge in [0.15, 0.2) is 0 Å². The van der Waals surface area contributed by atoms with Gasteiger partial charge in [0.1, 0.15) is 5.69 Å².